The van der Waals surface area contributed by atoms with Gasteiger partial charge in [0.1, 0.15) is 0 Å². The third kappa shape index (κ3) is 1.99. The van der Waals surface area contributed by atoms with Crippen LogP contribution in [0.3, 0.4) is 0 Å². The van der Waals surface area contributed by atoms with Gasteiger partial charge in [0.15, 0.2) is 0 Å². The topological polar surface area (TPSA) is 61.4 Å². The molecule has 0 aromatic rings. The van der Waals surface area contributed by atoms with Crippen LogP contribution in [0, 0.1) is 5.92 Å². The Morgan fingerprint density at radius 1 is 1.62 bits per heavy atom. The highest BCUT2D eigenvalue weighted by molar-refractivity contribution is 5.84. The first-order valence-electron chi connectivity index (χ1n) is 6.06. The van der Waals surface area contributed by atoms with Gasteiger partial charge in [-0.2, -0.15) is 0 Å². The zero-order valence-electron chi connectivity index (χ0n) is 9.66. The van der Waals surface area contributed by atoms with Gasteiger partial charge in [0.2, 0.25) is 5.91 Å². The molecule has 2 saturated heterocycles. The van der Waals surface area contributed by atoms with Crippen LogP contribution in [-0.4, -0.2) is 42.5 Å². The monoisotopic (exact) mass is 225 g/mol. The molecule has 0 spiro atoms. The number of fused-ring (bicyclic) bond motifs is 1. The van der Waals surface area contributed by atoms with Crippen molar-refractivity contribution >= 4 is 11.9 Å². The van der Waals surface area contributed by atoms with E-state index >= 15 is 0 Å². The van der Waals surface area contributed by atoms with E-state index in [1.807, 2.05) is 11.8 Å². The number of piperidine rings is 1. The molecule has 2 rings (SSSR count). The highest BCUT2D eigenvalue weighted by atomic mass is 16.2. The van der Waals surface area contributed by atoms with Crippen LogP contribution < -0.4 is 10.6 Å². The Hall–Kier alpha value is -1.26. The zero-order chi connectivity index (χ0) is 11.5. The van der Waals surface area contributed by atoms with Crippen molar-refractivity contribution in [1.82, 2.24) is 15.5 Å². The Labute approximate surface area is 95.6 Å². The molecule has 5 heteroatoms. The van der Waals surface area contributed by atoms with E-state index in [4.69, 9.17) is 0 Å². The number of amides is 3. The summed E-state index contributed by atoms with van der Waals surface area (Å²) in [6.45, 7) is 4.11. The zero-order valence-corrected chi connectivity index (χ0v) is 9.66. The SMILES string of the molecule is CCCNC(=O)N1CCCC2C(=O)NCC21. The Kier molecular flexibility index (Phi) is 3.31. The standard InChI is InChI=1S/C11H19N3O2/c1-2-5-12-11(16)14-6-3-4-8-9(14)7-13-10(8)15/h8-9H,2-7H2,1H3,(H,12,16)(H,13,15). The van der Waals surface area contributed by atoms with E-state index < -0.39 is 0 Å². The molecule has 0 aliphatic carbocycles. The van der Waals surface area contributed by atoms with Gasteiger partial charge in [0, 0.05) is 19.6 Å². The van der Waals surface area contributed by atoms with E-state index in [9.17, 15) is 9.59 Å². The van der Waals surface area contributed by atoms with Crippen LogP contribution in [0.25, 0.3) is 0 Å². The summed E-state index contributed by atoms with van der Waals surface area (Å²) in [7, 11) is 0. The minimum absolute atomic E-state index is 0.0149. The van der Waals surface area contributed by atoms with E-state index in [0.29, 0.717) is 13.1 Å². The maximum atomic E-state index is 11.9. The summed E-state index contributed by atoms with van der Waals surface area (Å²) in [5.74, 6) is 0.124. The molecule has 2 fully saturated rings. The third-order valence-electron chi connectivity index (χ3n) is 3.39. The lowest BCUT2D eigenvalue weighted by molar-refractivity contribution is -0.123. The van der Waals surface area contributed by atoms with Crippen molar-refractivity contribution < 1.29 is 9.59 Å². The molecule has 3 amide bonds. The Balaban J connectivity index is 1.98. The van der Waals surface area contributed by atoms with Gasteiger partial charge in [0.05, 0.1) is 12.0 Å². The highest BCUT2D eigenvalue weighted by Gasteiger charge is 2.42. The second-order valence-corrected chi connectivity index (χ2v) is 4.49. The largest absolute Gasteiger partial charge is 0.354 e. The lowest BCUT2D eigenvalue weighted by Gasteiger charge is -2.35. The molecule has 2 atom stereocenters. The Morgan fingerprint density at radius 2 is 2.44 bits per heavy atom. The molecule has 90 valence electrons. The second-order valence-electron chi connectivity index (χ2n) is 4.49. The fourth-order valence-corrected chi connectivity index (χ4v) is 2.54. The van der Waals surface area contributed by atoms with Gasteiger partial charge in [-0.1, -0.05) is 6.92 Å². The van der Waals surface area contributed by atoms with Gasteiger partial charge < -0.3 is 15.5 Å². The predicted molar refractivity (Wildman–Crippen MR) is 59.9 cm³/mol. The van der Waals surface area contributed by atoms with E-state index in [1.54, 1.807) is 0 Å². The summed E-state index contributed by atoms with van der Waals surface area (Å²) in [6.07, 6.45) is 2.77. The number of nitrogens with one attached hydrogen (secondary N) is 2. The molecule has 2 unspecified atom stereocenters. The molecule has 2 heterocycles. The van der Waals surface area contributed by atoms with Crippen molar-refractivity contribution in [1.29, 1.82) is 0 Å². The van der Waals surface area contributed by atoms with Crippen LogP contribution in [0.1, 0.15) is 26.2 Å². The fraction of sp³-hybridized carbons (Fsp3) is 0.818. The van der Waals surface area contributed by atoms with Crippen molar-refractivity contribution in [3.63, 3.8) is 0 Å². The lowest BCUT2D eigenvalue weighted by atomic mass is 9.92. The van der Waals surface area contributed by atoms with Crippen molar-refractivity contribution in [2.24, 2.45) is 5.92 Å². The van der Waals surface area contributed by atoms with Crippen LogP contribution in [0.2, 0.25) is 0 Å². The van der Waals surface area contributed by atoms with Crippen molar-refractivity contribution in [2.45, 2.75) is 32.2 Å². The normalized spacial score (nSPS) is 28.6. The predicted octanol–water partition coefficient (Wildman–Crippen LogP) is 0.316. The lowest BCUT2D eigenvalue weighted by Crippen LogP contribution is -2.52. The van der Waals surface area contributed by atoms with Gasteiger partial charge >= 0.3 is 6.03 Å². The molecule has 5 nitrogen and oxygen atoms in total. The summed E-state index contributed by atoms with van der Waals surface area (Å²) >= 11 is 0. The maximum absolute atomic E-state index is 11.9. The first kappa shape index (κ1) is 11.2. The van der Waals surface area contributed by atoms with Crippen LogP contribution in [0.5, 0.6) is 0 Å². The molecule has 2 aliphatic rings. The van der Waals surface area contributed by atoms with E-state index in [0.717, 1.165) is 25.8 Å². The average Bonchev–Trinajstić information content (AvgIpc) is 2.68. The molecule has 0 saturated carbocycles. The third-order valence-corrected chi connectivity index (χ3v) is 3.39. The first-order chi connectivity index (χ1) is 7.74. The molecule has 2 aliphatic heterocycles. The van der Waals surface area contributed by atoms with Gasteiger partial charge in [-0.05, 0) is 19.3 Å². The second kappa shape index (κ2) is 4.72. The maximum Gasteiger partial charge on any atom is 0.317 e. The van der Waals surface area contributed by atoms with Crippen LogP contribution >= 0.6 is 0 Å². The van der Waals surface area contributed by atoms with Crippen molar-refractivity contribution in [3.8, 4) is 0 Å². The minimum atomic E-state index is -0.0203. The number of urea groups is 1. The van der Waals surface area contributed by atoms with E-state index in [-0.39, 0.29) is 23.9 Å². The number of carbonyl (C=O) groups excluding carboxylic acids is 2. The van der Waals surface area contributed by atoms with Crippen molar-refractivity contribution in [3.05, 3.63) is 0 Å². The van der Waals surface area contributed by atoms with Crippen LogP contribution in [-0.2, 0) is 4.79 Å². The smallest absolute Gasteiger partial charge is 0.317 e. The van der Waals surface area contributed by atoms with Crippen molar-refractivity contribution in [2.75, 3.05) is 19.6 Å². The molecule has 16 heavy (non-hydrogen) atoms. The number of hydrogen-bond donors (Lipinski definition) is 2. The summed E-state index contributed by atoms with van der Waals surface area (Å²) in [5.41, 5.74) is 0. The fourth-order valence-electron chi connectivity index (χ4n) is 2.54. The van der Waals surface area contributed by atoms with Gasteiger partial charge in [-0.25, -0.2) is 4.79 Å². The summed E-state index contributed by atoms with van der Waals surface area (Å²) < 4.78 is 0. The quantitative estimate of drug-likeness (QED) is 0.711. The molecule has 0 bridgehead atoms. The average molecular weight is 225 g/mol. The van der Waals surface area contributed by atoms with Gasteiger partial charge in [0.25, 0.3) is 0 Å². The van der Waals surface area contributed by atoms with Gasteiger partial charge in [-0.15, -0.1) is 0 Å². The van der Waals surface area contributed by atoms with Gasteiger partial charge in [-0.3, -0.25) is 4.79 Å². The highest BCUT2D eigenvalue weighted by Crippen LogP contribution is 2.27. The number of likely N-dealkylation sites (tertiary alicyclic amines) is 1. The minimum Gasteiger partial charge on any atom is -0.354 e. The number of hydrogen-bond acceptors (Lipinski definition) is 2. The van der Waals surface area contributed by atoms with Crippen LogP contribution in [0.15, 0.2) is 0 Å². The number of carbonyl (C=O) groups is 2. The molecule has 0 aromatic heterocycles. The Morgan fingerprint density at radius 3 is 3.19 bits per heavy atom. The summed E-state index contributed by atoms with van der Waals surface area (Å²) in [5, 5.41) is 5.72. The number of nitrogens with zero attached hydrogens (tertiary/aromatic N) is 1. The molecular formula is C11H19N3O2. The molecule has 0 radical (unpaired) electrons. The molecular weight excluding hydrogens is 206 g/mol. The summed E-state index contributed by atoms with van der Waals surface area (Å²) in [4.78, 5) is 25.2. The van der Waals surface area contributed by atoms with E-state index in [1.165, 1.54) is 0 Å². The van der Waals surface area contributed by atoms with E-state index in [2.05, 4.69) is 10.6 Å². The van der Waals surface area contributed by atoms with Crippen LogP contribution in [0.4, 0.5) is 4.79 Å². The number of rotatable bonds is 2. The summed E-state index contributed by atoms with van der Waals surface area (Å²) in [6, 6.07) is 0.0474. The molecule has 2 N–H and O–H groups in total. The first-order valence-corrected chi connectivity index (χ1v) is 6.06. The molecule has 0 aromatic carbocycles. The Bertz CT molecular complexity index is 293.